The molecule has 0 bridgehead atoms. The van der Waals surface area contributed by atoms with E-state index in [2.05, 4.69) is 0 Å². The molecule has 0 aliphatic carbocycles. The first kappa shape index (κ1) is 17.2. The first-order valence-corrected chi connectivity index (χ1v) is 10.2. The molecule has 6 nitrogen and oxygen atoms in total. The van der Waals surface area contributed by atoms with Crippen LogP contribution in [0.4, 0.5) is 0 Å². The molecule has 142 valence electrons. The van der Waals surface area contributed by atoms with Gasteiger partial charge in [0.2, 0.25) is 5.43 Å². The minimum absolute atomic E-state index is 0.120. The van der Waals surface area contributed by atoms with Gasteiger partial charge in [-0.2, -0.15) is 0 Å². The number of amides is 2. The number of nitrogens with zero attached hydrogens (tertiary/aromatic N) is 2. The average molecular weight is 393 g/mol. The molecule has 1 aromatic carbocycles. The Hall–Kier alpha value is -2.93. The number of thiophene rings is 1. The fourth-order valence-electron chi connectivity index (χ4n) is 4.43. The van der Waals surface area contributed by atoms with Gasteiger partial charge in [0.05, 0.1) is 16.4 Å². The maximum absolute atomic E-state index is 13.3. The van der Waals surface area contributed by atoms with Crippen molar-refractivity contribution in [1.29, 1.82) is 0 Å². The molecule has 0 spiro atoms. The summed E-state index contributed by atoms with van der Waals surface area (Å²) in [4.78, 5) is 41.0. The summed E-state index contributed by atoms with van der Waals surface area (Å²) < 4.78 is 2.03. The molecule has 1 atom stereocenters. The number of aromatic nitrogens is 1. The topological polar surface area (TPSA) is 85.4 Å². The van der Waals surface area contributed by atoms with Crippen LogP contribution in [0, 0.1) is 0 Å². The number of primary amides is 1. The molecule has 5 rings (SSSR count). The highest BCUT2D eigenvalue weighted by atomic mass is 32.1. The summed E-state index contributed by atoms with van der Waals surface area (Å²) in [6, 6.07) is 9.18. The Bertz CT molecular complexity index is 1190. The number of para-hydroxylation sites is 1. The first-order valence-electron chi connectivity index (χ1n) is 9.40. The zero-order valence-corrected chi connectivity index (χ0v) is 16.0. The molecule has 2 aromatic heterocycles. The van der Waals surface area contributed by atoms with Gasteiger partial charge in [0, 0.05) is 29.5 Å². The summed E-state index contributed by atoms with van der Waals surface area (Å²) in [6.07, 6.45) is 4.29. The maximum atomic E-state index is 13.3. The molecule has 7 heteroatoms. The van der Waals surface area contributed by atoms with Crippen LogP contribution < -0.4 is 11.2 Å². The number of carbonyl (C=O) groups is 2. The van der Waals surface area contributed by atoms with Crippen molar-refractivity contribution in [1.82, 2.24) is 9.47 Å². The number of pyridine rings is 1. The second kappa shape index (κ2) is 6.31. The van der Waals surface area contributed by atoms with Crippen molar-refractivity contribution in [3.05, 3.63) is 67.6 Å². The number of likely N-dealkylation sites (tertiary alicyclic amines) is 1. The lowest BCUT2D eigenvalue weighted by Crippen LogP contribution is -2.34. The SMILES string of the molecule is NC(=O)c1ccc(C2CCCN2C(=O)c2cn3c4c(cccc4c2=O)CC3)s1. The monoisotopic (exact) mass is 393 g/mol. The lowest BCUT2D eigenvalue weighted by molar-refractivity contribution is 0.0736. The van der Waals surface area contributed by atoms with E-state index in [1.54, 1.807) is 23.2 Å². The zero-order chi connectivity index (χ0) is 19.4. The first-order chi connectivity index (χ1) is 13.5. The highest BCUT2D eigenvalue weighted by Gasteiger charge is 2.33. The molecule has 28 heavy (non-hydrogen) atoms. The number of benzene rings is 1. The van der Waals surface area contributed by atoms with E-state index in [4.69, 9.17) is 5.73 Å². The van der Waals surface area contributed by atoms with Crippen LogP contribution in [0.25, 0.3) is 10.9 Å². The van der Waals surface area contributed by atoms with Crippen LogP contribution in [0.2, 0.25) is 0 Å². The Morgan fingerprint density at radius 3 is 2.79 bits per heavy atom. The fourth-order valence-corrected chi connectivity index (χ4v) is 5.44. The van der Waals surface area contributed by atoms with Gasteiger partial charge in [-0.3, -0.25) is 14.4 Å². The molecular formula is C21H19N3O3S. The van der Waals surface area contributed by atoms with Crippen molar-refractivity contribution in [3.63, 3.8) is 0 Å². The molecular weight excluding hydrogens is 374 g/mol. The van der Waals surface area contributed by atoms with Gasteiger partial charge in [0.25, 0.3) is 11.8 Å². The van der Waals surface area contributed by atoms with Crippen molar-refractivity contribution in [2.45, 2.75) is 31.8 Å². The second-order valence-corrected chi connectivity index (χ2v) is 8.47. The van der Waals surface area contributed by atoms with Crippen LogP contribution in [-0.2, 0) is 13.0 Å². The normalized spacial score (nSPS) is 18.1. The average Bonchev–Trinajstić information content (AvgIpc) is 3.43. The van der Waals surface area contributed by atoms with E-state index in [-0.39, 0.29) is 22.9 Å². The minimum Gasteiger partial charge on any atom is -0.365 e. The predicted molar refractivity (Wildman–Crippen MR) is 108 cm³/mol. The number of aryl methyl sites for hydroxylation is 2. The molecule has 1 fully saturated rings. The Morgan fingerprint density at radius 1 is 1.14 bits per heavy atom. The number of rotatable bonds is 3. The Kier molecular flexibility index (Phi) is 3.87. The molecule has 3 aromatic rings. The Labute approximate surface area is 165 Å². The predicted octanol–water partition coefficient (Wildman–Crippen LogP) is 2.70. The summed E-state index contributed by atoms with van der Waals surface area (Å²) >= 11 is 1.33. The van der Waals surface area contributed by atoms with Crippen molar-refractivity contribution in [2.24, 2.45) is 5.73 Å². The molecule has 4 heterocycles. The summed E-state index contributed by atoms with van der Waals surface area (Å²) in [7, 11) is 0. The van der Waals surface area contributed by atoms with E-state index in [0.29, 0.717) is 16.8 Å². The van der Waals surface area contributed by atoms with Crippen LogP contribution in [-0.4, -0.2) is 27.8 Å². The summed E-state index contributed by atoms with van der Waals surface area (Å²) in [6.45, 7) is 1.39. The third-order valence-electron chi connectivity index (χ3n) is 5.75. The largest absolute Gasteiger partial charge is 0.365 e. The Morgan fingerprint density at radius 2 is 2.00 bits per heavy atom. The number of nitrogens with two attached hydrogens (primary N) is 1. The number of hydrogen-bond acceptors (Lipinski definition) is 4. The van der Waals surface area contributed by atoms with Crippen molar-refractivity contribution < 1.29 is 9.59 Å². The van der Waals surface area contributed by atoms with Crippen LogP contribution in [0.15, 0.2) is 41.3 Å². The van der Waals surface area contributed by atoms with Crippen LogP contribution in [0.5, 0.6) is 0 Å². The molecule has 2 aliphatic heterocycles. The van der Waals surface area contributed by atoms with Crippen LogP contribution in [0.1, 0.15) is 49.4 Å². The van der Waals surface area contributed by atoms with E-state index in [1.807, 2.05) is 22.8 Å². The van der Waals surface area contributed by atoms with E-state index < -0.39 is 5.91 Å². The summed E-state index contributed by atoms with van der Waals surface area (Å²) in [5.74, 6) is -0.691. The number of carbonyl (C=O) groups excluding carboxylic acids is 2. The van der Waals surface area contributed by atoms with E-state index >= 15 is 0 Å². The smallest absolute Gasteiger partial charge is 0.259 e. The second-order valence-electron chi connectivity index (χ2n) is 7.35. The van der Waals surface area contributed by atoms with Crippen LogP contribution >= 0.6 is 11.3 Å². The molecule has 0 radical (unpaired) electrons. The maximum Gasteiger partial charge on any atom is 0.259 e. The molecule has 2 amide bonds. The zero-order valence-electron chi connectivity index (χ0n) is 15.2. The quantitative estimate of drug-likeness (QED) is 0.742. The van der Waals surface area contributed by atoms with Gasteiger partial charge < -0.3 is 15.2 Å². The van der Waals surface area contributed by atoms with Gasteiger partial charge in [-0.15, -0.1) is 11.3 Å². The van der Waals surface area contributed by atoms with Crippen molar-refractivity contribution in [2.75, 3.05) is 6.54 Å². The lowest BCUT2D eigenvalue weighted by Gasteiger charge is -2.24. The lowest BCUT2D eigenvalue weighted by atomic mass is 10.1. The standard InChI is InChI=1S/C21H19N3O3S/c22-20(26)17-7-6-16(28-17)15-5-2-9-24(15)21(27)14-11-23-10-8-12-3-1-4-13(18(12)23)19(14)25/h1,3-4,6-7,11,15H,2,5,8-10H2,(H2,22,26). The van der Waals surface area contributed by atoms with Crippen LogP contribution in [0.3, 0.4) is 0 Å². The van der Waals surface area contributed by atoms with Gasteiger partial charge in [-0.1, -0.05) is 12.1 Å². The molecule has 0 saturated carbocycles. The van der Waals surface area contributed by atoms with Gasteiger partial charge >= 0.3 is 0 Å². The van der Waals surface area contributed by atoms with Gasteiger partial charge in [0.1, 0.15) is 5.56 Å². The van der Waals surface area contributed by atoms with Gasteiger partial charge in [0.15, 0.2) is 0 Å². The number of hydrogen-bond donors (Lipinski definition) is 1. The van der Waals surface area contributed by atoms with Gasteiger partial charge in [-0.25, -0.2) is 0 Å². The van der Waals surface area contributed by atoms with E-state index in [1.165, 1.54) is 11.3 Å². The third-order valence-corrected chi connectivity index (χ3v) is 6.95. The van der Waals surface area contributed by atoms with E-state index in [9.17, 15) is 14.4 Å². The highest BCUT2D eigenvalue weighted by molar-refractivity contribution is 7.14. The van der Waals surface area contributed by atoms with Crippen molar-refractivity contribution >= 4 is 34.1 Å². The molecule has 2 aliphatic rings. The molecule has 2 N–H and O–H groups in total. The van der Waals surface area contributed by atoms with Crippen molar-refractivity contribution in [3.8, 4) is 0 Å². The fraction of sp³-hybridized carbons (Fsp3) is 0.286. The van der Waals surface area contributed by atoms with E-state index in [0.717, 1.165) is 41.8 Å². The third kappa shape index (κ3) is 2.50. The minimum atomic E-state index is -0.460. The Balaban J connectivity index is 1.55. The molecule has 1 unspecified atom stereocenters. The summed E-state index contributed by atoms with van der Waals surface area (Å²) in [5.41, 5.74) is 7.50. The highest BCUT2D eigenvalue weighted by Crippen LogP contribution is 2.37. The summed E-state index contributed by atoms with van der Waals surface area (Å²) in [5, 5.41) is 0.615. The molecule has 1 saturated heterocycles. The van der Waals surface area contributed by atoms with Gasteiger partial charge in [-0.05, 0) is 43.0 Å².